The molecule has 0 saturated carbocycles. The second kappa shape index (κ2) is 9.16. The third-order valence-corrected chi connectivity index (χ3v) is 6.18. The predicted molar refractivity (Wildman–Crippen MR) is 133 cm³/mol. The highest BCUT2D eigenvalue weighted by Gasteiger charge is 2.18. The molecule has 0 bridgehead atoms. The molecular weight excluding hydrogens is 450 g/mol. The lowest BCUT2D eigenvalue weighted by Gasteiger charge is -2.13. The summed E-state index contributed by atoms with van der Waals surface area (Å²) in [6.45, 7) is 9.58. The fraction of sp³-hybridized carbons (Fsp3) is 0.231. The van der Waals surface area contributed by atoms with E-state index in [4.69, 9.17) is 21.3 Å². The number of aromatic nitrogens is 3. The number of carbonyl (C=O) groups is 1. The molecule has 0 spiro atoms. The molecule has 1 amide bonds. The third-order valence-electron chi connectivity index (χ3n) is 5.59. The summed E-state index contributed by atoms with van der Waals surface area (Å²) in [5.74, 6) is 0.878. The summed E-state index contributed by atoms with van der Waals surface area (Å²) in [6.07, 6.45) is 1.41. The molecule has 1 N–H and O–H groups in total. The number of carbonyl (C=O) groups excluding carboxylic acids is 1. The minimum Gasteiger partial charge on any atom is -0.484 e. The Morgan fingerprint density at radius 2 is 1.76 bits per heavy atom. The van der Waals surface area contributed by atoms with E-state index in [9.17, 15) is 10.1 Å². The lowest BCUT2D eigenvalue weighted by molar-refractivity contribution is -0.118. The SMILES string of the molecule is Cc1cc(C)c2nc(-n3ncc(C#N)c3NC(=O)COc3cc(C)c(Cl)c(C)c3)cc(C)c2c1. The van der Waals surface area contributed by atoms with E-state index in [1.54, 1.807) is 12.1 Å². The van der Waals surface area contributed by atoms with Gasteiger partial charge in [-0.3, -0.25) is 4.79 Å². The molecule has 4 rings (SSSR count). The van der Waals surface area contributed by atoms with Gasteiger partial charge >= 0.3 is 0 Å². The first-order chi connectivity index (χ1) is 16.2. The zero-order chi connectivity index (χ0) is 24.6. The Morgan fingerprint density at radius 3 is 2.44 bits per heavy atom. The van der Waals surface area contributed by atoms with E-state index in [0.717, 1.165) is 38.7 Å². The van der Waals surface area contributed by atoms with Gasteiger partial charge in [-0.15, -0.1) is 0 Å². The van der Waals surface area contributed by atoms with E-state index in [2.05, 4.69) is 35.5 Å². The Bertz CT molecular complexity index is 1460. The highest BCUT2D eigenvalue weighted by molar-refractivity contribution is 6.32. The number of benzene rings is 2. The number of ether oxygens (including phenoxy) is 1. The maximum Gasteiger partial charge on any atom is 0.263 e. The number of hydrogen-bond donors (Lipinski definition) is 1. The van der Waals surface area contributed by atoms with Gasteiger partial charge in [0, 0.05) is 10.4 Å². The molecule has 0 unspecified atom stereocenters. The molecule has 0 fully saturated rings. The van der Waals surface area contributed by atoms with Crippen molar-refractivity contribution in [3.8, 4) is 17.6 Å². The van der Waals surface area contributed by atoms with Crippen molar-refractivity contribution in [2.75, 3.05) is 11.9 Å². The molecule has 172 valence electrons. The van der Waals surface area contributed by atoms with Crippen molar-refractivity contribution in [2.45, 2.75) is 34.6 Å². The number of halogens is 1. The number of amides is 1. The van der Waals surface area contributed by atoms with Gasteiger partial charge in [-0.1, -0.05) is 23.2 Å². The highest BCUT2D eigenvalue weighted by Crippen LogP contribution is 2.27. The molecule has 34 heavy (non-hydrogen) atoms. The number of fused-ring (bicyclic) bond motifs is 1. The molecule has 0 atom stereocenters. The number of anilines is 1. The second-order valence-corrected chi connectivity index (χ2v) is 8.79. The fourth-order valence-corrected chi connectivity index (χ4v) is 4.08. The standard InChI is InChI=1S/C26H24ClN5O2/c1-14-6-18(5)25-21(7-14)15(2)10-22(30-25)32-26(19(11-28)12-29-32)31-23(33)13-34-20-8-16(3)24(27)17(4)9-20/h6-10,12H,13H2,1-5H3,(H,31,33). The summed E-state index contributed by atoms with van der Waals surface area (Å²) in [7, 11) is 0. The first kappa shape index (κ1) is 23.3. The summed E-state index contributed by atoms with van der Waals surface area (Å²) in [6, 6.07) is 11.7. The van der Waals surface area contributed by atoms with Gasteiger partial charge in [0.1, 0.15) is 17.4 Å². The Morgan fingerprint density at radius 1 is 1.06 bits per heavy atom. The van der Waals surface area contributed by atoms with Crippen LogP contribution in [0.15, 0.2) is 36.5 Å². The molecule has 8 heteroatoms. The molecule has 2 heterocycles. The van der Waals surface area contributed by atoms with Crippen LogP contribution in [0.1, 0.15) is 33.4 Å². The van der Waals surface area contributed by atoms with Crippen molar-refractivity contribution in [1.82, 2.24) is 14.8 Å². The Labute approximate surface area is 202 Å². The summed E-state index contributed by atoms with van der Waals surface area (Å²) in [5.41, 5.74) is 6.04. The average molecular weight is 474 g/mol. The van der Waals surface area contributed by atoms with Gasteiger partial charge in [0.15, 0.2) is 18.2 Å². The first-order valence-corrected chi connectivity index (χ1v) is 11.1. The van der Waals surface area contributed by atoms with E-state index in [0.29, 0.717) is 16.6 Å². The molecular formula is C26H24ClN5O2. The fourth-order valence-electron chi connectivity index (χ4n) is 3.97. The molecule has 2 aromatic carbocycles. The van der Waals surface area contributed by atoms with Crippen LogP contribution in [-0.2, 0) is 4.79 Å². The van der Waals surface area contributed by atoms with E-state index >= 15 is 0 Å². The molecule has 0 saturated heterocycles. The summed E-state index contributed by atoms with van der Waals surface area (Å²) in [4.78, 5) is 17.5. The predicted octanol–water partition coefficient (Wildman–Crippen LogP) is 5.51. The van der Waals surface area contributed by atoms with Gasteiger partial charge in [0.05, 0.1) is 11.7 Å². The Balaban J connectivity index is 1.63. The van der Waals surface area contributed by atoms with Crippen LogP contribution < -0.4 is 10.1 Å². The maximum absolute atomic E-state index is 12.7. The van der Waals surface area contributed by atoms with Crippen LogP contribution in [0.4, 0.5) is 5.82 Å². The number of nitriles is 1. The van der Waals surface area contributed by atoms with Gasteiger partial charge in [-0.05, 0) is 81.1 Å². The molecule has 4 aromatic rings. The molecule has 7 nitrogen and oxygen atoms in total. The first-order valence-electron chi connectivity index (χ1n) is 10.7. The lowest BCUT2D eigenvalue weighted by atomic mass is 10.0. The minimum absolute atomic E-state index is 0.228. The van der Waals surface area contributed by atoms with Crippen LogP contribution in [0.3, 0.4) is 0 Å². The monoisotopic (exact) mass is 473 g/mol. The topological polar surface area (TPSA) is 92.8 Å². The van der Waals surface area contributed by atoms with Gasteiger partial charge in [-0.2, -0.15) is 15.0 Å². The molecule has 0 radical (unpaired) electrons. The van der Waals surface area contributed by atoms with Gasteiger partial charge in [-0.25, -0.2) is 4.98 Å². The zero-order valence-electron chi connectivity index (χ0n) is 19.7. The van der Waals surface area contributed by atoms with E-state index in [-0.39, 0.29) is 18.0 Å². The zero-order valence-corrected chi connectivity index (χ0v) is 20.4. The van der Waals surface area contributed by atoms with Gasteiger partial charge in [0.25, 0.3) is 5.91 Å². The van der Waals surface area contributed by atoms with E-state index in [1.807, 2.05) is 33.8 Å². The largest absolute Gasteiger partial charge is 0.484 e. The molecule has 0 aliphatic heterocycles. The Hall–Kier alpha value is -3.89. The number of nitrogens with one attached hydrogen (secondary N) is 1. The van der Waals surface area contributed by atoms with Crippen molar-refractivity contribution >= 4 is 34.2 Å². The average Bonchev–Trinajstić information content (AvgIpc) is 3.19. The summed E-state index contributed by atoms with van der Waals surface area (Å²) < 4.78 is 7.13. The van der Waals surface area contributed by atoms with Crippen molar-refractivity contribution in [3.63, 3.8) is 0 Å². The van der Waals surface area contributed by atoms with Crippen molar-refractivity contribution in [1.29, 1.82) is 5.26 Å². The van der Waals surface area contributed by atoms with Crippen LogP contribution in [0.2, 0.25) is 5.02 Å². The Kier molecular flexibility index (Phi) is 6.27. The van der Waals surface area contributed by atoms with Crippen molar-refractivity contribution in [3.05, 3.63) is 74.9 Å². The van der Waals surface area contributed by atoms with Crippen LogP contribution in [0.5, 0.6) is 5.75 Å². The van der Waals surface area contributed by atoms with E-state index < -0.39 is 5.91 Å². The smallest absolute Gasteiger partial charge is 0.263 e. The van der Waals surface area contributed by atoms with Crippen molar-refractivity contribution < 1.29 is 9.53 Å². The summed E-state index contributed by atoms with van der Waals surface area (Å²) >= 11 is 6.20. The molecule has 0 aliphatic rings. The van der Waals surface area contributed by atoms with Crippen LogP contribution in [0, 0.1) is 45.9 Å². The summed E-state index contributed by atoms with van der Waals surface area (Å²) in [5, 5.41) is 18.4. The minimum atomic E-state index is -0.423. The van der Waals surface area contributed by atoms with Crippen LogP contribution in [-0.4, -0.2) is 27.3 Å². The molecule has 2 aromatic heterocycles. The van der Waals surface area contributed by atoms with Gasteiger partial charge < -0.3 is 10.1 Å². The quantitative estimate of drug-likeness (QED) is 0.412. The maximum atomic E-state index is 12.7. The highest BCUT2D eigenvalue weighted by atomic mass is 35.5. The second-order valence-electron chi connectivity index (χ2n) is 8.41. The van der Waals surface area contributed by atoms with Crippen LogP contribution in [0.25, 0.3) is 16.7 Å². The normalized spacial score (nSPS) is 10.9. The number of nitrogens with zero attached hydrogens (tertiary/aromatic N) is 4. The third kappa shape index (κ3) is 4.45. The number of rotatable bonds is 5. The van der Waals surface area contributed by atoms with Crippen LogP contribution >= 0.6 is 11.6 Å². The van der Waals surface area contributed by atoms with Crippen molar-refractivity contribution in [2.24, 2.45) is 0 Å². The number of aryl methyl sites for hydroxylation is 5. The number of hydrogen-bond acceptors (Lipinski definition) is 5. The van der Waals surface area contributed by atoms with Gasteiger partial charge in [0.2, 0.25) is 0 Å². The number of pyridine rings is 1. The van der Waals surface area contributed by atoms with E-state index in [1.165, 1.54) is 10.9 Å². The lowest BCUT2D eigenvalue weighted by Crippen LogP contribution is -2.22. The molecule has 0 aliphatic carbocycles.